The standard InChI is InChI=1S/C32H33ClN2O8S2.C6H15N/c1-3-23(18-31-34(15-7-17-44(36,37)38)28-21-26(33)11-13-30(28)43-31)19-32-35(16-14-22(2)45(39,40)41)27-20-25(10-12-29(27)42-32)24-8-5-4-6-9-24;1-4-7(5-2)6-3/h4-6,8-13,18-22H,3,7,14-17H2,1-2H3,(H-,36,37,38,39,40,41);4-6H2,1-3H3. The van der Waals surface area contributed by atoms with Gasteiger partial charge in [0.2, 0.25) is 11.5 Å². The maximum Gasteiger partial charge on any atom is 0.374 e. The first-order valence-corrected chi connectivity index (χ1v) is 20.9. The second-order valence-electron chi connectivity index (χ2n) is 12.4. The van der Waals surface area contributed by atoms with Crippen molar-refractivity contribution < 1.29 is 39.7 Å². The van der Waals surface area contributed by atoms with Crippen LogP contribution < -0.4 is 14.2 Å². The summed E-state index contributed by atoms with van der Waals surface area (Å²) in [5.74, 6) is 0.916. The van der Waals surface area contributed by atoms with Crippen molar-refractivity contribution >= 4 is 54.7 Å². The number of nitrogens with zero attached hydrogens (tertiary/aromatic N) is 3. The first-order valence-electron chi connectivity index (χ1n) is 17.5. The lowest BCUT2D eigenvalue weighted by Gasteiger charge is -2.19. The summed E-state index contributed by atoms with van der Waals surface area (Å²) < 4.78 is 81.3. The molecule has 1 unspecified atom stereocenters. The summed E-state index contributed by atoms with van der Waals surface area (Å²) in [5.41, 5.74) is 4.78. The molecule has 1 N–H and O–H groups in total. The van der Waals surface area contributed by atoms with Gasteiger partial charge in [-0.3, -0.25) is 4.55 Å². The van der Waals surface area contributed by atoms with E-state index >= 15 is 0 Å². The van der Waals surface area contributed by atoms with Crippen LogP contribution in [0, 0.1) is 0 Å². The molecule has 14 heteroatoms. The fourth-order valence-corrected chi connectivity index (χ4v) is 6.81. The van der Waals surface area contributed by atoms with Crippen LogP contribution in [-0.4, -0.2) is 68.0 Å². The van der Waals surface area contributed by atoms with Gasteiger partial charge >= 0.3 is 5.89 Å². The molecule has 2 heterocycles. The van der Waals surface area contributed by atoms with E-state index in [9.17, 15) is 25.9 Å². The molecule has 0 bridgehead atoms. The van der Waals surface area contributed by atoms with E-state index in [1.54, 1.807) is 23.1 Å². The van der Waals surface area contributed by atoms with Gasteiger partial charge < -0.3 is 23.5 Å². The monoisotopic (exact) mass is 773 g/mol. The molecule has 0 saturated carbocycles. The van der Waals surface area contributed by atoms with Crippen molar-refractivity contribution in [2.75, 3.05) is 36.8 Å². The Kier molecular flexibility index (Phi) is 14.5. The normalized spacial score (nSPS) is 14.8. The maximum absolute atomic E-state index is 11.8. The molecule has 0 radical (unpaired) electrons. The summed E-state index contributed by atoms with van der Waals surface area (Å²) in [6.07, 6.45) is 4.44. The van der Waals surface area contributed by atoms with Gasteiger partial charge in [-0.25, -0.2) is 8.42 Å². The van der Waals surface area contributed by atoms with Crippen molar-refractivity contribution in [2.24, 2.45) is 0 Å². The Morgan fingerprint density at radius 2 is 1.67 bits per heavy atom. The van der Waals surface area contributed by atoms with Crippen LogP contribution in [0.5, 0.6) is 5.75 Å². The first-order chi connectivity index (χ1) is 24.7. The number of ether oxygens (including phenoxy) is 1. The Balaban J connectivity index is 0.000000785. The predicted octanol–water partition coefficient (Wildman–Crippen LogP) is 7.52. The number of halogens is 1. The zero-order chi connectivity index (χ0) is 38.1. The Morgan fingerprint density at radius 3 is 2.27 bits per heavy atom. The smallest absolute Gasteiger partial charge is 0.374 e. The Bertz CT molecular complexity index is 2090. The number of aryl methyl sites for hydroxylation is 1. The van der Waals surface area contributed by atoms with Gasteiger partial charge in [-0.15, -0.1) is 0 Å². The highest BCUT2D eigenvalue weighted by Crippen LogP contribution is 2.41. The Hall–Kier alpha value is -3.72. The number of benzene rings is 3. The molecule has 11 nitrogen and oxygen atoms in total. The van der Waals surface area contributed by atoms with Crippen LogP contribution in [0.1, 0.15) is 59.8 Å². The molecular formula is C38H48ClN3O8S2. The zero-order valence-electron chi connectivity index (χ0n) is 30.3. The van der Waals surface area contributed by atoms with E-state index < -0.39 is 31.2 Å². The van der Waals surface area contributed by atoms with Crippen molar-refractivity contribution in [3.8, 4) is 16.9 Å². The van der Waals surface area contributed by atoms with E-state index in [0.717, 1.165) is 22.2 Å². The lowest BCUT2D eigenvalue weighted by atomic mass is 10.1. The Morgan fingerprint density at radius 1 is 0.981 bits per heavy atom. The minimum atomic E-state index is -4.39. The van der Waals surface area contributed by atoms with E-state index in [-0.39, 0.29) is 25.9 Å². The number of rotatable bonds is 15. The minimum Gasteiger partial charge on any atom is -0.748 e. The fraction of sp³-hybridized carbons (Fsp3) is 0.395. The molecule has 1 aromatic heterocycles. The van der Waals surface area contributed by atoms with Crippen LogP contribution in [-0.2, 0) is 26.8 Å². The Labute approximate surface area is 312 Å². The SMILES string of the molecule is CCC(=Cc1oc2ccc(-c3ccccc3)cc2[n+]1CCC(C)S(=O)(=O)O)C=C1Oc2ccc(Cl)cc2N1CCCS(=O)(=O)[O-].CCN(CC)CC. The molecule has 3 aromatic carbocycles. The number of fused-ring (bicyclic) bond motifs is 2. The molecule has 282 valence electrons. The molecule has 5 rings (SSSR count). The van der Waals surface area contributed by atoms with Gasteiger partial charge in [0.15, 0.2) is 12.3 Å². The second-order valence-corrected chi connectivity index (χ2v) is 16.2. The van der Waals surface area contributed by atoms with Crippen LogP contribution in [0.15, 0.2) is 88.7 Å². The van der Waals surface area contributed by atoms with Crippen LogP contribution in [0.4, 0.5) is 5.69 Å². The van der Waals surface area contributed by atoms with E-state index in [1.807, 2.05) is 72.2 Å². The molecule has 1 aliphatic rings. The van der Waals surface area contributed by atoms with Gasteiger partial charge in [-0.1, -0.05) is 75.7 Å². The third-order valence-corrected chi connectivity index (χ3v) is 11.2. The summed E-state index contributed by atoms with van der Waals surface area (Å²) in [6, 6.07) is 20.8. The number of hydrogen-bond acceptors (Lipinski definition) is 9. The molecular weight excluding hydrogens is 726 g/mol. The van der Waals surface area contributed by atoms with Crippen LogP contribution in [0.3, 0.4) is 0 Å². The summed E-state index contributed by atoms with van der Waals surface area (Å²) in [7, 11) is -8.62. The number of aromatic nitrogens is 1. The average Bonchev–Trinajstić information content (AvgIpc) is 3.63. The minimum absolute atomic E-state index is 0.0862. The molecule has 4 aromatic rings. The van der Waals surface area contributed by atoms with E-state index in [4.69, 9.17) is 20.8 Å². The summed E-state index contributed by atoms with van der Waals surface area (Å²) in [5, 5.41) is -0.510. The van der Waals surface area contributed by atoms with Gasteiger partial charge in [0, 0.05) is 35.9 Å². The molecule has 1 atom stereocenters. The van der Waals surface area contributed by atoms with Gasteiger partial charge in [0.25, 0.3) is 15.6 Å². The average molecular weight is 774 g/mol. The van der Waals surface area contributed by atoms with Gasteiger partial charge in [-0.05, 0) is 80.4 Å². The number of oxazole rings is 1. The quantitative estimate of drug-likeness (QED) is 0.0951. The number of hydrogen-bond donors (Lipinski definition) is 1. The van der Waals surface area contributed by atoms with Crippen LogP contribution >= 0.6 is 11.6 Å². The maximum atomic E-state index is 11.8. The molecule has 0 saturated heterocycles. The highest BCUT2D eigenvalue weighted by atomic mass is 35.5. The third kappa shape index (κ3) is 11.1. The second kappa shape index (κ2) is 18.4. The first kappa shape index (κ1) is 41.0. The van der Waals surface area contributed by atoms with E-state index in [0.29, 0.717) is 40.2 Å². The van der Waals surface area contributed by atoms with E-state index in [2.05, 4.69) is 25.7 Å². The molecule has 52 heavy (non-hydrogen) atoms. The molecule has 0 aliphatic carbocycles. The largest absolute Gasteiger partial charge is 0.748 e. The fourth-order valence-electron chi connectivity index (χ4n) is 5.75. The number of anilines is 1. The van der Waals surface area contributed by atoms with Crippen molar-refractivity contribution in [2.45, 2.75) is 65.7 Å². The highest BCUT2D eigenvalue weighted by Gasteiger charge is 2.28. The highest BCUT2D eigenvalue weighted by molar-refractivity contribution is 7.86. The van der Waals surface area contributed by atoms with Crippen LogP contribution in [0.25, 0.3) is 28.3 Å². The van der Waals surface area contributed by atoms with E-state index in [1.165, 1.54) is 26.6 Å². The predicted molar refractivity (Wildman–Crippen MR) is 206 cm³/mol. The molecule has 0 amide bonds. The molecule has 0 fully saturated rings. The van der Waals surface area contributed by atoms with Gasteiger partial charge in [0.1, 0.15) is 0 Å². The summed E-state index contributed by atoms with van der Waals surface area (Å²) >= 11 is 6.24. The molecule has 0 spiro atoms. The lowest BCUT2D eigenvalue weighted by molar-refractivity contribution is -0.678. The zero-order valence-corrected chi connectivity index (χ0v) is 32.7. The van der Waals surface area contributed by atoms with Crippen molar-refractivity contribution in [3.63, 3.8) is 0 Å². The van der Waals surface area contributed by atoms with Gasteiger partial charge in [0.05, 0.1) is 27.1 Å². The summed E-state index contributed by atoms with van der Waals surface area (Å²) in [4.78, 5) is 4.16. The van der Waals surface area contributed by atoms with Crippen molar-refractivity contribution in [1.82, 2.24) is 4.90 Å². The number of allylic oxidation sites excluding steroid dienone is 2. The summed E-state index contributed by atoms with van der Waals surface area (Å²) in [6.45, 7) is 14.0. The molecule has 1 aliphatic heterocycles. The third-order valence-electron chi connectivity index (χ3n) is 8.94. The van der Waals surface area contributed by atoms with Gasteiger partial charge in [-0.2, -0.15) is 13.0 Å². The van der Waals surface area contributed by atoms with Crippen molar-refractivity contribution in [3.05, 3.63) is 95.2 Å². The van der Waals surface area contributed by atoms with Crippen LogP contribution in [0.2, 0.25) is 5.02 Å². The topological polar surface area (TPSA) is 144 Å². The lowest BCUT2D eigenvalue weighted by Crippen LogP contribution is -2.37. The van der Waals surface area contributed by atoms with Crippen molar-refractivity contribution in [1.29, 1.82) is 0 Å².